The van der Waals surface area contributed by atoms with E-state index >= 15 is 0 Å². The standard InChI is InChI=1S/C25H29N3O5/c1-4-12-32-21-11-10-17(13-22(21)30-3)24-26-25(33-27-24)19-14-23(29)28(16-19)15-18-8-6-7-9-20(18)31-5-2/h6-11,13,19H,4-5,12,14-16H2,1-3H3. The van der Waals surface area contributed by atoms with Crippen LogP contribution in [0.5, 0.6) is 17.2 Å². The number of nitrogens with zero attached hydrogens (tertiary/aromatic N) is 3. The van der Waals surface area contributed by atoms with Gasteiger partial charge >= 0.3 is 0 Å². The summed E-state index contributed by atoms with van der Waals surface area (Å²) in [4.78, 5) is 19.1. The Labute approximate surface area is 193 Å². The fourth-order valence-electron chi connectivity index (χ4n) is 3.88. The highest BCUT2D eigenvalue weighted by molar-refractivity contribution is 5.79. The molecule has 0 saturated carbocycles. The molecule has 1 atom stereocenters. The average molecular weight is 452 g/mol. The van der Waals surface area contributed by atoms with Gasteiger partial charge in [-0.05, 0) is 37.6 Å². The summed E-state index contributed by atoms with van der Waals surface area (Å²) in [5, 5.41) is 4.14. The van der Waals surface area contributed by atoms with E-state index in [0.29, 0.717) is 55.9 Å². The van der Waals surface area contributed by atoms with E-state index in [1.165, 1.54) is 0 Å². The SMILES string of the molecule is CCCOc1ccc(-c2noc(C3CC(=O)N(Cc4ccccc4OCC)C3)n2)cc1OC. The van der Waals surface area contributed by atoms with Crippen molar-refractivity contribution in [2.75, 3.05) is 26.9 Å². The first-order chi connectivity index (χ1) is 16.1. The van der Waals surface area contributed by atoms with Crippen molar-refractivity contribution in [3.8, 4) is 28.6 Å². The minimum atomic E-state index is -0.146. The molecule has 2 aromatic carbocycles. The Bertz CT molecular complexity index is 1100. The Morgan fingerprint density at radius 2 is 1.94 bits per heavy atom. The molecule has 1 aliphatic heterocycles. The van der Waals surface area contributed by atoms with Gasteiger partial charge in [-0.25, -0.2) is 0 Å². The largest absolute Gasteiger partial charge is 0.494 e. The molecule has 4 rings (SSSR count). The molecule has 2 heterocycles. The second-order valence-electron chi connectivity index (χ2n) is 7.89. The number of benzene rings is 2. The number of amides is 1. The van der Waals surface area contributed by atoms with Crippen LogP contribution in [0.2, 0.25) is 0 Å². The molecule has 1 saturated heterocycles. The van der Waals surface area contributed by atoms with Crippen LogP contribution in [-0.2, 0) is 11.3 Å². The van der Waals surface area contributed by atoms with Gasteiger partial charge in [0.25, 0.3) is 0 Å². The third-order valence-corrected chi connectivity index (χ3v) is 5.52. The highest BCUT2D eigenvalue weighted by atomic mass is 16.5. The lowest BCUT2D eigenvalue weighted by Crippen LogP contribution is -2.24. The molecule has 33 heavy (non-hydrogen) atoms. The number of hydrogen-bond acceptors (Lipinski definition) is 7. The second-order valence-corrected chi connectivity index (χ2v) is 7.89. The van der Waals surface area contributed by atoms with Crippen molar-refractivity contribution in [3.63, 3.8) is 0 Å². The van der Waals surface area contributed by atoms with E-state index in [1.807, 2.05) is 61.2 Å². The van der Waals surface area contributed by atoms with E-state index < -0.39 is 0 Å². The highest BCUT2D eigenvalue weighted by Gasteiger charge is 2.34. The van der Waals surface area contributed by atoms with Crippen molar-refractivity contribution in [1.29, 1.82) is 0 Å². The minimum absolute atomic E-state index is 0.0603. The monoisotopic (exact) mass is 451 g/mol. The van der Waals surface area contributed by atoms with Crippen molar-refractivity contribution in [2.45, 2.75) is 39.2 Å². The Balaban J connectivity index is 1.47. The summed E-state index contributed by atoms with van der Waals surface area (Å²) in [6.07, 6.45) is 1.25. The van der Waals surface area contributed by atoms with E-state index in [1.54, 1.807) is 7.11 Å². The number of carbonyl (C=O) groups is 1. The second kappa shape index (κ2) is 10.4. The topological polar surface area (TPSA) is 86.9 Å². The quantitative estimate of drug-likeness (QED) is 0.450. The van der Waals surface area contributed by atoms with Crippen LogP contribution in [0.25, 0.3) is 11.4 Å². The van der Waals surface area contributed by atoms with Gasteiger partial charge in [0.2, 0.25) is 17.6 Å². The normalized spacial score (nSPS) is 15.7. The molecule has 1 amide bonds. The summed E-state index contributed by atoms with van der Waals surface area (Å²) >= 11 is 0. The van der Waals surface area contributed by atoms with E-state index in [9.17, 15) is 4.79 Å². The zero-order valence-corrected chi connectivity index (χ0v) is 19.2. The molecule has 8 nitrogen and oxygen atoms in total. The number of para-hydroxylation sites is 1. The predicted molar refractivity (Wildman–Crippen MR) is 122 cm³/mol. The molecular weight excluding hydrogens is 422 g/mol. The third kappa shape index (κ3) is 5.10. The summed E-state index contributed by atoms with van der Waals surface area (Å²) in [5.74, 6) is 2.93. The maximum Gasteiger partial charge on any atom is 0.232 e. The molecule has 3 aromatic rings. The molecule has 0 N–H and O–H groups in total. The number of likely N-dealkylation sites (tertiary alicyclic amines) is 1. The van der Waals surface area contributed by atoms with Gasteiger partial charge in [0.1, 0.15) is 5.75 Å². The number of rotatable bonds is 10. The van der Waals surface area contributed by atoms with Gasteiger partial charge in [0, 0.05) is 30.6 Å². The number of hydrogen-bond donors (Lipinski definition) is 0. The lowest BCUT2D eigenvalue weighted by Gasteiger charge is -2.18. The van der Waals surface area contributed by atoms with Crippen molar-refractivity contribution < 1.29 is 23.5 Å². The van der Waals surface area contributed by atoms with Crippen LogP contribution in [0.3, 0.4) is 0 Å². The first-order valence-electron chi connectivity index (χ1n) is 11.3. The summed E-state index contributed by atoms with van der Waals surface area (Å²) in [5.41, 5.74) is 1.74. The van der Waals surface area contributed by atoms with E-state index in [2.05, 4.69) is 10.1 Å². The molecule has 0 aliphatic carbocycles. The van der Waals surface area contributed by atoms with Crippen LogP contribution < -0.4 is 14.2 Å². The van der Waals surface area contributed by atoms with E-state index in [0.717, 1.165) is 23.3 Å². The molecule has 1 fully saturated rings. The Hall–Kier alpha value is -3.55. The van der Waals surface area contributed by atoms with Crippen molar-refractivity contribution in [3.05, 3.63) is 53.9 Å². The molecule has 0 spiro atoms. The zero-order chi connectivity index (χ0) is 23.2. The van der Waals surface area contributed by atoms with E-state index in [-0.39, 0.29) is 11.8 Å². The van der Waals surface area contributed by atoms with Crippen LogP contribution in [-0.4, -0.2) is 47.8 Å². The lowest BCUT2D eigenvalue weighted by atomic mass is 10.1. The molecule has 1 unspecified atom stereocenters. The summed E-state index contributed by atoms with van der Waals surface area (Å²) < 4.78 is 22.4. The highest BCUT2D eigenvalue weighted by Crippen LogP contribution is 2.34. The molecular formula is C25H29N3O5. The maximum atomic E-state index is 12.7. The van der Waals surface area contributed by atoms with Gasteiger partial charge in [0.15, 0.2) is 11.5 Å². The fourth-order valence-corrected chi connectivity index (χ4v) is 3.88. The summed E-state index contributed by atoms with van der Waals surface area (Å²) in [7, 11) is 1.60. The molecule has 8 heteroatoms. The Morgan fingerprint density at radius 3 is 2.73 bits per heavy atom. The molecule has 174 valence electrons. The van der Waals surface area contributed by atoms with Gasteiger partial charge < -0.3 is 23.6 Å². The number of ether oxygens (including phenoxy) is 3. The van der Waals surface area contributed by atoms with Crippen molar-refractivity contribution >= 4 is 5.91 Å². The van der Waals surface area contributed by atoms with Crippen LogP contribution in [0.1, 0.15) is 44.1 Å². The Kier molecular flexibility index (Phi) is 7.12. The van der Waals surface area contributed by atoms with Gasteiger partial charge in [-0.3, -0.25) is 4.79 Å². The van der Waals surface area contributed by atoms with Gasteiger partial charge in [0.05, 0.1) is 26.2 Å². The van der Waals surface area contributed by atoms with Gasteiger partial charge in [-0.15, -0.1) is 0 Å². The minimum Gasteiger partial charge on any atom is -0.494 e. The molecule has 1 aliphatic rings. The first-order valence-corrected chi connectivity index (χ1v) is 11.3. The average Bonchev–Trinajstić information content (AvgIpc) is 3.46. The van der Waals surface area contributed by atoms with Crippen molar-refractivity contribution in [2.24, 2.45) is 0 Å². The third-order valence-electron chi connectivity index (χ3n) is 5.52. The number of aromatic nitrogens is 2. The van der Waals surface area contributed by atoms with E-state index in [4.69, 9.17) is 18.7 Å². The number of carbonyl (C=O) groups excluding carboxylic acids is 1. The van der Waals surface area contributed by atoms with Crippen molar-refractivity contribution in [1.82, 2.24) is 15.0 Å². The summed E-state index contributed by atoms with van der Waals surface area (Å²) in [6.45, 7) is 6.20. The van der Waals surface area contributed by atoms with Crippen LogP contribution >= 0.6 is 0 Å². The van der Waals surface area contributed by atoms with Crippen LogP contribution in [0.15, 0.2) is 47.0 Å². The fraction of sp³-hybridized carbons (Fsp3) is 0.400. The predicted octanol–water partition coefficient (Wildman–Crippen LogP) is 4.45. The Morgan fingerprint density at radius 1 is 1.09 bits per heavy atom. The molecule has 0 bridgehead atoms. The maximum absolute atomic E-state index is 12.7. The zero-order valence-electron chi connectivity index (χ0n) is 19.2. The van der Waals surface area contributed by atoms with Crippen LogP contribution in [0, 0.1) is 0 Å². The van der Waals surface area contributed by atoms with Gasteiger partial charge in [-0.2, -0.15) is 4.98 Å². The summed E-state index contributed by atoms with van der Waals surface area (Å²) in [6, 6.07) is 13.3. The molecule has 0 radical (unpaired) electrons. The smallest absolute Gasteiger partial charge is 0.232 e. The lowest BCUT2D eigenvalue weighted by molar-refractivity contribution is -0.128. The number of methoxy groups -OCH3 is 1. The van der Waals surface area contributed by atoms with Crippen LogP contribution in [0.4, 0.5) is 0 Å². The van der Waals surface area contributed by atoms with Gasteiger partial charge in [-0.1, -0.05) is 30.3 Å². The molecule has 1 aromatic heterocycles. The first kappa shape index (κ1) is 22.6.